The quantitative estimate of drug-likeness (QED) is 0.678. The summed E-state index contributed by atoms with van der Waals surface area (Å²) in [6, 6.07) is 10.7. The summed E-state index contributed by atoms with van der Waals surface area (Å²) in [5, 5.41) is 0. The van der Waals surface area contributed by atoms with Crippen molar-refractivity contribution in [2.24, 2.45) is 5.92 Å². The van der Waals surface area contributed by atoms with Crippen LogP contribution in [0.25, 0.3) is 0 Å². The Kier molecular flexibility index (Phi) is 5.39. The normalized spacial score (nSPS) is 22.5. The van der Waals surface area contributed by atoms with Gasteiger partial charge < -0.3 is 9.31 Å². The molecule has 1 saturated heterocycles. The van der Waals surface area contributed by atoms with Crippen molar-refractivity contribution in [2.75, 3.05) is 0 Å². The number of hydrogen-bond donors (Lipinski definition) is 0. The molecule has 0 spiro atoms. The minimum absolute atomic E-state index is 0.0919. The fourth-order valence-corrected chi connectivity index (χ4v) is 3.16. The highest BCUT2D eigenvalue weighted by molar-refractivity contribution is 6.47. The highest BCUT2D eigenvalue weighted by Gasteiger charge is 2.53. The van der Waals surface area contributed by atoms with Crippen LogP contribution in [0.1, 0.15) is 59.9 Å². The van der Waals surface area contributed by atoms with E-state index in [1.54, 1.807) is 0 Å². The SMILES string of the molecule is CC[C@@H](CCc1ccccc1)[C@H](C)B1OC(C)(C)C(C)(C)O1. The lowest BCUT2D eigenvalue weighted by molar-refractivity contribution is 0.00578. The maximum atomic E-state index is 6.24. The summed E-state index contributed by atoms with van der Waals surface area (Å²) in [7, 11) is -0.0919. The molecule has 22 heavy (non-hydrogen) atoms. The van der Waals surface area contributed by atoms with E-state index in [1.165, 1.54) is 12.0 Å². The largest absolute Gasteiger partial charge is 0.461 e. The molecule has 1 aromatic carbocycles. The van der Waals surface area contributed by atoms with Gasteiger partial charge in [0.15, 0.2) is 0 Å². The Morgan fingerprint density at radius 1 is 1.00 bits per heavy atom. The second-order valence-corrected chi connectivity index (χ2v) is 7.68. The smallest absolute Gasteiger partial charge is 0.403 e. The minimum atomic E-state index is -0.232. The standard InChI is InChI=1S/C19H31BO2/c1-7-17(14-13-16-11-9-8-10-12-16)15(2)20-21-18(3,4)19(5,6)22-20/h8-12,15,17H,7,13-14H2,1-6H3/t15-,17-/m0/s1. The van der Waals surface area contributed by atoms with E-state index in [9.17, 15) is 0 Å². The first-order valence-corrected chi connectivity index (χ1v) is 8.66. The molecule has 0 unspecified atom stereocenters. The Labute approximate surface area is 136 Å². The Morgan fingerprint density at radius 3 is 2.05 bits per heavy atom. The molecule has 2 nitrogen and oxygen atoms in total. The van der Waals surface area contributed by atoms with E-state index in [4.69, 9.17) is 9.31 Å². The van der Waals surface area contributed by atoms with Crippen LogP contribution in [0.15, 0.2) is 30.3 Å². The van der Waals surface area contributed by atoms with Gasteiger partial charge in [-0.3, -0.25) is 0 Å². The molecule has 0 amide bonds. The maximum absolute atomic E-state index is 6.24. The molecule has 0 N–H and O–H groups in total. The predicted molar refractivity (Wildman–Crippen MR) is 94.1 cm³/mol. The third-order valence-corrected chi connectivity index (χ3v) is 5.62. The van der Waals surface area contributed by atoms with Crippen LogP contribution in [0.4, 0.5) is 0 Å². The topological polar surface area (TPSA) is 18.5 Å². The molecule has 0 aliphatic carbocycles. The summed E-state index contributed by atoms with van der Waals surface area (Å²) in [6.07, 6.45) is 3.48. The van der Waals surface area contributed by atoms with Crippen molar-refractivity contribution in [3.05, 3.63) is 35.9 Å². The van der Waals surface area contributed by atoms with E-state index in [2.05, 4.69) is 71.9 Å². The highest BCUT2D eigenvalue weighted by Crippen LogP contribution is 2.42. The molecular weight excluding hydrogens is 271 g/mol. The summed E-state index contributed by atoms with van der Waals surface area (Å²) in [5.74, 6) is 1.03. The zero-order chi connectivity index (χ0) is 16.4. The molecule has 122 valence electrons. The molecule has 1 aliphatic heterocycles. The van der Waals surface area contributed by atoms with Gasteiger partial charge in [-0.15, -0.1) is 0 Å². The zero-order valence-electron chi connectivity index (χ0n) is 15.1. The molecule has 0 bridgehead atoms. The lowest BCUT2D eigenvalue weighted by Crippen LogP contribution is -2.41. The third-order valence-electron chi connectivity index (χ3n) is 5.62. The van der Waals surface area contributed by atoms with Crippen LogP contribution in [0.3, 0.4) is 0 Å². The van der Waals surface area contributed by atoms with Gasteiger partial charge in [-0.2, -0.15) is 0 Å². The number of rotatable bonds is 6. The van der Waals surface area contributed by atoms with Gasteiger partial charge in [0.2, 0.25) is 0 Å². The van der Waals surface area contributed by atoms with Gasteiger partial charge in [0, 0.05) is 0 Å². The molecule has 0 radical (unpaired) electrons. The van der Waals surface area contributed by atoms with Crippen molar-refractivity contribution in [1.82, 2.24) is 0 Å². The van der Waals surface area contributed by atoms with Crippen molar-refractivity contribution in [2.45, 2.75) is 77.8 Å². The fourth-order valence-electron chi connectivity index (χ4n) is 3.16. The molecule has 3 heteroatoms. The van der Waals surface area contributed by atoms with Crippen molar-refractivity contribution in [1.29, 1.82) is 0 Å². The summed E-state index contributed by atoms with van der Waals surface area (Å²) < 4.78 is 12.5. The highest BCUT2D eigenvalue weighted by atomic mass is 16.7. The molecular formula is C19H31BO2. The van der Waals surface area contributed by atoms with Crippen molar-refractivity contribution < 1.29 is 9.31 Å². The van der Waals surface area contributed by atoms with Crippen LogP contribution in [-0.2, 0) is 15.7 Å². The zero-order valence-corrected chi connectivity index (χ0v) is 15.1. The van der Waals surface area contributed by atoms with E-state index in [0.717, 1.165) is 12.8 Å². The Hall–Kier alpha value is -0.795. The van der Waals surface area contributed by atoms with Crippen molar-refractivity contribution in [3.8, 4) is 0 Å². The van der Waals surface area contributed by atoms with Gasteiger partial charge in [0.25, 0.3) is 0 Å². The summed E-state index contributed by atoms with van der Waals surface area (Å²) in [4.78, 5) is 0. The fraction of sp³-hybridized carbons (Fsp3) is 0.684. The minimum Gasteiger partial charge on any atom is -0.403 e. The Morgan fingerprint density at radius 2 is 1.55 bits per heavy atom. The molecule has 1 aromatic rings. The summed E-state index contributed by atoms with van der Waals surface area (Å²) in [5.41, 5.74) is 0.954. The molecule has 0 aromatic heterocycles. The van der Waals surface area contributed by atoms with Crippen LogP contribution < -0.4 is 0 Å². The van der Waals surface area contributed by atoms with E-state index in [1.807, 2.05) is 0 Å². The first-order chi connectivity index (χ1) is 10.3. The van der Waals surface area contributed by atoms with E-state index >= 15 is 0 Å². The average molecular weight is 302 g/mol. The number of aryl methyl sites for hydroxylation is 1. The lowest BCUT2D eigenvalue weighted by atomic mass is 9.64. The molecule has 1 aliphatic rings. The molecule has 2 atom stereocenters. The van der Waals surface area contributed by atoms with E-state index < -0.39 is 0 Å². The van der Waals surface area contributed by atoms with Gasteiger partial charge in [0.1, 0.15) is 0 Å². The van der Waals surface area contributed by atoms with Gasteiger partial charge in [-0.1, -0.05) is 50.6 Å². The van der Waals surface area contributed by atoms with E-state index in [0.29, 0.717) is 11.7 Å². The first-order valence-electron chi connectivity index (χ1n) is 8.66. The summed E-state index contributed by atoms with van der Waals surface area (Å²) >= 11 is 0. The van der Waals surface area contributed by atoms with Crippen LogP contribution in [0.2, 0.25) is 5.82 Å². The third kappa shape index (κ3) is 3.75. The van der Waals surface area contributed by atoms with Crippen molar-refractivity contribution >= 4 is 7.12 Å². The van der Waals surface area contributed by atoms with Crippen LogP contribution in [0, 0.1) is 5.92 Å². The molecule has 0 saturated carbocycles. The molecule has 1 heterocycles. The maximum Gasteiger partial charge on any atom is 0.461 e. The molecule has 2 rings (SSSR count). The lowest BCUT2D eigenvalue weighted by Gasteiger charge is -2.32. The van der Waals surface area contributed by atoms with Gasteiger partial charge in [-0.25, -0.2) is 0 Å². The van der Waals surface area contributed by atoms with Crippen LogP contribution in [0.5, 0.6) is 0 Å². The Bertz CT molecular complexity index is 454. The second-order valence-electron chi connectivity index (χ2n) is 7.68. The Balaban J connectivity index is 1.96. The average Bonchev–Trinajstić information content (AvgIpc) is 2.69. The van der Waals surface area contributed by atoms with Gasteiger partial charge in [-0.05, 0) is 57.8 Å². The first kappa shape index (κ1) is 17.6. The van der Waals surface area contributed by atoms with Crippen molar-refractivity contribution in [3.63, 3.8) is 0 Å². The number of hydrogen-bond acceptors (Lipinski definition) is 2. The molecule has 1 fully saturated rings. The van der Waals surface area contributed by atoms with Crippen LogP contribution in [-0.4, -0.2) is 18.3 Å². The van der Waals surface area contributed by atoms with Gasteiger partial charge in [0.05, 0.1) is 11.2 Å². The second kappa shape index (κ2) is 6.76. The number of benzene rings is 1. The van der Waals surface area contributed by atoms with E-state index in [-0.39, 0.29) is 18.3 Å². The monoisotopic (exact) mass is 302 g/mol. The summed E-state index contributed by atoms with van der Waals surface area (Å²) in [6.45, 7) is 13.1. The van der Waals surface area contributed by atoms with Gasteiger partial charge >= 0.3 is 7.12 Å². The van der Waals surface area contributed by atoms with Crippen LogP contribution >= 0.6 is 0 Å². The predicted octanol–water partition coefficient (Wildman–Crippen LogP) is 5.13.